The highest BCUT2D eigenvalue weighted by Crippen LogP contribution is 2.57. The van der Waals surface area contributed by atoms with E-state index in [-0.39, 0.29) is 23.8 Å². The molecule has 0 spiro atoms. The van der Waals surface area contributed by atoms with Crippen molar-refractivity contribution in [3.8, 4) is 0 Å². The summed E-state index contributed by atoms with van der Waals surface area (Å²) < 4.78 is 9.77. The molecule has 4 aliphatic rings. The van der Waals surface area contributed by atoms with Crippen LogP contribution >= 0.6 is 0 Å². The van der Waals surface area contributed by atoms with Crippen LogP contribution in [-0.2, 0) is 28.7 Å². The standard InChI is InChI=1S/2C9H12O3/c2*1-2-12-9(11)8-6-3-5(10)4-7(6)8/h2*6-8H,2-4H2,1H3/t2*6-,7+,8?. The number of ketones is 2. The van der Waals surface area contributed by atoms with Crippen LogP contribution in [0.4, 0.5) is 0 Å². The van der Waals surface area contributed by atoms with Crippen LogP contribution in [-0.4, -0.2) is 36.7 Å². The molecule has 2 unspecified atom stereocenters. The second kappa shape index (κ2) is 6.65. The number of rotatable bonds is 4. The Morgan fingerprint density at radius 1 is 0.750 bits per heavy atom. The molecule has 6 heteroatoms. The average Bonchev–Trinajstić information content (AvgIpc) is 3.26. The van der Waals surface area contributed by atoms with Gasteiger partial charge in [0, 0.05) is 25.7 Å². The average molecular weight is 336 g/mol. The van der Waals surface area contributed by atoms with Crippen LogP contribution in [0.1, 0.15) is 39.5 Å². The third-order valence-electron chi connectivity index (χ3n) is 5.63. The zero-order chi connectivity index (χ0) is 17.4. The number of hydrogen-bond acceptors (Lipinski definition) is 6. The second-order valence-electron chi connectivity index (χ2n) is 7.10. The van der Waals surface area contributed by atoms with E-state index in [1.54, 1.807) is 13.8 Å². The van der Waals surface area contributed by atoms with Crippen molar-refractivity contribution in [1.29, 1.82) is 0 Å². The summed E-state index contributed by atoms with van der Waals surface area (Å²) in [5.41, 5.74) is 0. The van der Waals surface area contributed by atoms with Crippen molar-refractivity contribution >= 4 is 23.5 Å². The minimum absolute atomic E-state index is 0.0580. The van der Waals surface area contributed by atoms with Crippen molar-refractivity contribution in [2.75, 3.05) is 13.2 Å². The van der Waals surface area contributed by atoms with E-state index in [1.807, 2.05) is 0 Å². The summed E-state index contributed by atoms with van der Waals surface area (Å²) in [5, 5.41) is 0. The Balaban J connectivity index is 0.000000141. The van der Waals surface area contributed by atoms with Crippen molar-refractivity contribution in [2.24, 2.45) is 35.5 Å². The predicted molar refractivity (Wildman–Crippen MR) is 82.7 cm³/mol. The van der Waals surface area contributed by atoms with Crippen molar-refractivity contribution in [3.63, 3.8) is 0 Å². The van der Waals surface area contributed by atoms with Gasteiger partial charge in [-0.05, 0) is 37.5 Å². The van der Waals surface area contributed by atoms with Crippen LogP contribution in [0.5, 0.6) is 0 Å². The van der Waals surface area contributed by atoms with E-state index in [0.29, 0.717) is 74.1 Å². The van der Waals surface area contributed by atoms with Crippen molar-refractivity contribution in [2.45, 2.75) is 39.5 Å². The Hall–Kier alpha value is -1.72. The molecule has 4 saturated carbocycles. The lowest BCUT2D eigenvalue weighted by Gasteiger charge is -2.01. The lowest BCUT2D eigenvalue weighted by Crippen LogP contribution is -2.12. The van der Waals surface area contributed by atoms with E-state index < -0.39 is 0 Å². The lowest BCUT2D eigenvalue weighted by molar-refractivity contribution is -0.146. The van der Waals surface area contributed by atoms with E-state index in [2.05, 4.69) is 0 Å². The number of ether oxygens (including phenoxy) is 2. The number of carbonyl (C=O) groups excluding carboxylic acids is 4. The molecule has 4 fully saturated rings. The highest BCUT2D eigenvalue weighted by molar-refractivity contribution is 5.89. The molecule has 4 aliphatic carbocycles. The van der Waals surface area contributed by atoms with Crippen molar-refractivity contribution in [1.82, 2.24) is 0 Å². The summed E-state index contributed by atoms with van der Waals surface area (Å²) >= 11 is 0. The maximum absolute atomic E-state index is 11.2. The summed E-state index contributed by atoms with van der Waals surface area (Å²) in [4.78, 5) is 44.1. The van der Waals surface area contributed by atoms with E-state index in [1.165, 1.54) is 0 Å². The molecule has 0 aromatic carbocycles. The number of Topliss-reactive ketones (excluding diaryl/α,β-unsaturated/α-hetero) is 2. The molecule has 0 amide bonds. The van der Waals surface area contributed by atoms with Gasteiger partial charge in [0.05, 0.1) is 25.0 Å². The molecular formula is C18H24O6. The van der Waals surface area contributed by atoms with Crippen molar-refractivity contribution < 1.29 is 28.7 Å². The molecule has 0 aromatic heterocycles. The molecule has 132 valence electrons. The first-order valence-corrected chi connectivity index (χ1v) is 8.84. The van der Waals surface area contributed by atoms with Gasteiger partial charge in [-0.25, -0.2) is 0 Å². The Morgan fingerprint density at radius 3 is 1.29 bits per heavy atom. The third-order valence-corrected chi connectivity index (χ3v) is 5.63. The largest absolute Gasteiger partial charge is 0.466 e. The molecule has 4 rings (SSSR count). The summed E-state index contributed by atoms with van der Waals surface area (Å²) in [6, 6.07) is 0. The smallest absolute Gasteiger partial charge is 0.309 e. The highest BCUT2D eigenvalue weighted by atomic mass is 16.5. The molecule has 0 N–H and O–H groups in total. The number of carbonyl (C=O) groups is 4. The van der Waals surface area contributed by atoms with Crippen LogP contribution in [0.3, 0.4) is 0 Å². The second-order valence-corrected chi connectivity index (χ2v) is 7.10. The van der Waals surface area contributed by atoms with Crippen LogP contribution < -0.4 is 0 Å². The predicted octanol–water partition coefficient (Wildman–Crippen LogP) is 1.55. The van der Waals surface area contributed by atoms with E-state index >= 15 is 0 Å². The van der Waals surface area contributed by atoms with Gasteiger partial charge in [-0.15, -0.1) is 0 Å². The minimum Gasteiger partial charge on any atom is -0.466 e. The molecular weight excluding hydrogens is 312 g/mol. The zero-order valence-corrected chi connectivity index (χ0v) is 14.2. The summed E-state index contributed by atoms with van der Waals surface area (Å²) in [7, 11) is 0. The van der Waals surface area contributed by atoms with Gasteiger partial charge in [0.1, 0.15) is 11.6 Å². The number of esters is 2. The Labute approximate surface area is 141 Å². The van der Waals surface area contributed by atoms with Gasteiger partial charge in [0.25, 0.3) is 0 Å². The summed E-state index contributed by atoms with van der Waals surface area (Å²) in [5.74, 6) is 1.86. The fourth-order valence-electron chi connectivity index (χ4n) is 4.40. The van der Waals surface area contributed by atoms with Gasteiger partial charge in [-0.2, -0.15) is 0 Å². The minimum atomic E-state index is -0.0972. The van der Waals surface area contributed by atoms with Gasteiger partial charge in [-0.3, -0.25) is 19.2 Å². The fourth-order valence-corrected chi connectivity index (χ4v) is 4.40. The monoisotopic (exact) mass is 336 g/mol. The molecule has 0 aliphatic heterocycles. The van der Waals surface area contributed by atoms with E-state index in [9.17, 15) is 19.2 Å². The number of fused-ring (bicyclic) bond motifs is 2. The van der Waals surface area contributed by atoms with Gasteiger partial charge in [-0.1, -0.05) is 0 Å². The molecule has 0 heterocycles. The summed E-state index contributed by atoms with van der Waals surface area (Å²) in [6.45, 7) is 4.51. The maximum atomic E-state index is 11.2. The normalized spacial score (nSPS) is 37.8. The molecule has 0 radical (unpaired) electrons. The first-order valence-electron chi connectivity index (χ1n) is 8.84. The number of hydrogen-bond donors (Lipinski definition) is 0. The molecule has 6 nitrogen and oxygen atoms in total. The first-order chi connectivity index (χ1) is 11.5. The topological polar surface area (TPSA) is 86.7 Å². The first kappa shape index (κ1) is 17.1. The van der Waals surface area contributed by atoms with Gasteiger partial charge in [0.15, 0.2) is 0 Å². The molecule has 0 aromatic rings. The zero-order valence-electron chi connectivity index (χ0n) is 14.2. The maximum Gasteiger partial charge on any atom is 0.309 e. The van der Waals surface area contributed by atoms with Crippen LogP contribution in [0, 0.1) is 35.5 Å². The fraction of sp³-hybridized carbons (Fsp3) is 0.778. The van der Waals surface area contributed by atoms with Gasteiger partial charge in [0.2, 0.25) is 0 Å². The van der Waals surface area contributed by atoms with Gasteiger partial charge >= 0.3 is 11.9 Å². The molecule has 24 heavy (non-hydrogen) atoms. The highest BCUT2D eigenvalue weighted by Gasteiger charge is 2.61. The Morgan fingerprint density at radius 2 is 1.04 bits per heavy atom. The third kappa shape index (κ3) is 3.23. The van der Waals surface area contributed by atoms with E-state index in [4.69, 9.17) is 9.47 Å². The SMILES string of the molecule is CCOC(=O)C1[C@H]2CC(=O)C[C@@H]12.CCOC(=O)C1[C@H]2CC(=O)C[C@@H]12. The quantitative estimate of drug-likeness (QED) is 0.724. The van der Waals surface area contributed by atoms with Gasteiger partial charge < -0.3 is 9.47 Å². The lowest BCUT2D eigenvalue weighted by atomic mass is 10.1. The Bertz CT molecular complexity index is 490. The molecule has 0 bridgehead atoms. The Kier molecular flexibility index (Phi) is 4.74. The van der Waals surface area contributed by atoms with E-state index in [0.717, 1.165) is 0 Å². The van der Waals surface area contributed by atoms with Crippen LogP contribution in [0.25, 0.3) is 0 Å². The van der Waals surface area contributed by atoms with Crippen LogP contribution in [0.2, 0.25) is 0 Å². The molecule has 0 saturated heterocycles. The van der Waals surface area contributed by atoms with Crippen molar-refractivity contribution in [3.05, 3.63) is 0 Å². The van der Waals surface area contributed by atoms with Crippen LogP contribution in [0.15, 0.2) is 0 Å². The summed E-state index contributed by atoms with van der Waals surface area (Å²) in [6.07, 6.45) is 2.42. The molecule has 6 atom stereocenters.